The van der Waals surface area contributed by atoms with Crippen LogP contribution < -0.4 is 0 Å². The molecule has 2 aromatic rings. The first-order chi connectivity index (χ1) is 9.80. The Kier molecular flexibility index (Phi) is 4.21. The molecule has 0 unspecified atom stereocenters. The van der Waals surface area contributed by atoms with Gasteiger partial charge in [0, 0.05) is 11.8 Å². The molecule has 0 bridgehead atoms. The first kappa shape index (κ1) is 15.4. The second-order valence-electron chi connectivity index (χ2n) is 5.70. The maximum Gasteiger partial charge on any atom is 0.155 e. The van der Waals surface area contributed by atoms with Crippen molar-refractivity contribution < 1.29 is 20.4 Å². The van der Waals surface area contributed by atoms with E-state index in [0.717, 1.165) is 11.1 Å². The molecule has 0 atom stereocenters. The Morgan fingerprint density at radius 3 is 2.05 bits per heavy atom. The van der Waals surface area contributed by atoms with Gasteiger partial charge >= 0.3 is 0 Å². The van der Waals surface area contributed by atoms with E-state index in [4.69, 9.17) is 10.2 Å². The number of phenols is 2. The van der Waals surface area contributed by atoms with Crippen molar-refractivity contribution in [2.45, 2.75) is 32.0 Å². The molecule has 4 N–H and O–H groups in total. The first-order valence-electron chi connectivity index (χ1n) is 6.78. The summed E-state index contributed by atoms with van der Waals surface area (Å²) in [6, 6.07) is 12.1. The molecule has 0 fully saturated rings. The van der Waals surface area contributed by atoms with Gasteiger partial charge in [-0.2, -0.15) is 0 Å². The summed E-state index contributed by atoms with van der Waals surface area (Å²) >= 11 is 0. The van der Waals surface area contributed by atoms with Gasteiger partial charge in [-0.25, -0.2) is 0 Å². The Hall–Kier alpha value is -2.04. The summed E-state index contributed by atoms with van der Waals surface area (Å²) in [5.74, 6) is 0.262. The SMILES string of the molecule is CC(C)(c1ccc(O)cc1)c1ccc(O)c(CC(O)O)c1. The summed E-state index contributed by atoms with van der Waals surface area (Å²) in [6.07, 6.45) is -1.52. The van der Waals surface area contributed by atoms with Crippen LogP contribution in [-0.4, -0.2) is 26.7 Å². The highest BCUT2D eigenvalue weighted by molar-refractivity contribution is 5.45. The van der Waals surface area contributed by atoms with Gasteiger partial charge in [0.2, 0.25) is 0 Å². The summed E-state index contributed by atoms with van der Waals surface area (Å²) in [5, 5.41) is 37.4. The average Bonchev–Trinajstić information content (AvgIpc) is 2.41. The predicted octanol–water partition coefficient (Wildman–Crippen LogP) is 2.28. The van der Waals surface area contributed by atoms with Crippen molar-refractivity contribution >= 4 is 0 Å². The van der Waals surface area contributed by atoms with Crippen LogP contribution in [-0.2, 0) is 11.8 Å². The third-order valence-electron chi connectivity index (χ3n) is 3.79. The number of phenolic OH excluding ortho intramolecular Hbond substituents is 2. The smallest absolute Gasteiger partial charge is 0.155 e. The number of aromatic hydroxyl groups is 2. The molecule has 0 amide bonds. The van der Waals surface area contributed by atoms with Crippen molar-refractivity contribution in [2.24, 2.45) is 0 Å². The van der Waals surface area contributed by atoms with E-state index in [0.29, 0.717) is 5.56 Å². The molecule has 0 aliphatic heterocycles. The van der Waals surface area contributed by atoms with Crippen LogP contribution in [0, 0.1) is 0 Å². The second kappa shape index (κ2) is 5.76. The Morgan fingerprint density at radius 1 is 0.905 bits per heavy atom. The fourth-order valence-corrected chi connectivity index (χ4v) is 2.38. The molecule has 0 aliphatic carbocycles. The van der Waals surface area contributed by atoms with E-state index in [1.165, 1.54) is 0 Å². The van der Waals surface area contributed by atoms with E-state index in [9.17, 15) is 10.2 Å². The molecule has 2 rings (SSSR count). The Bertz CT molecular complexity index is 615. The van der Waals surface area contributed by atoms with Crippen molar-refractivity contribution in [3.05, 3.63) is 59.2 Å². The fraction of sp³-hybridized carbons (Fsp3) is 0.294. The lowest BCUT2D eigenvalue weighted by molar-refractivity contribution is -0.0385. The Balaban J connectivity index is 2.42. The monoisotopic (exact) mass is 288 g/mol. The molecule has 21 heavy (non-hydrogen) atoms. The van der Waals surface area contributed by atoms with Gasteiger partial charge in [0.1, 0.15) is 11.5 Å². The zero-order valence-electron chi connectivity index (χ0n) is 12.1. The van der Waals surface area contributed by atoms with Gasteiger partial charge in [0.25, 0.3) is 0 Å². The summed E-state index contributed by atoms with van der Waals surface area (Å²) < 4.78 is 0. The van der Waals surface area contributed by atoms with Crippen LogP contribution in [0.25, 0.3) is 0 Å². The van der Waals surface area contributed by atoms with Crippen molar-refractivity contribution in [1.29, 1.82) is 0 Å². The lowest BCUT2D eigenvalue weighted by Gasteiger charge is -2.27. The lowest BCUT2D eigenvalue weighted by atomic mass is 9.77. The van der Waals surface area contributed by atoms with Crippen LogP contribution in [0.5, 0.6) is 11.5 Å². The molecule has 0 aliphatic rings. The van der Waals surface area contributed by atoms with Crippen LogP contribution in [0.2, 0.25) is 0 Å². The van der Waals surface area contributed by atoms with Crippen LogP contribution in [0.1, 0.15) is 30.5 Å². The van der Waals surface area contributed by atoms with Gasteiger partial charge in [0.15, 0.2) is 6.29 Å². The zero-order valence-corrected chi connectivity index (χ0v) is 12.1. The van der Waals surface area contributed by atoms with Gasteiger partial charge in [-0.05, 0) is 34.9 Å². The highest BCUT2D eigenvalue weighted by Crippen LogP contribution is 2.34. The van der Waals surface area contributed by atoms with Crippen molar-refractivity contribution in [3.8, 4) is 11.5 Å². The molecule has 4 heteroatoms. The van der Waals surface area contributed by atoms with Gasteiger partial charge in [-0.3, -0.25) is 0 Å². The number of benzene rings is 2. The van der Waals surface area contributed by atoms with E-state index in [1.54, 1.807) is 24.3 Å². The topological polar surface area (TPSA) is 80.9 Å². The average molecular weight is 288 g/mol. The molecule has 0 radical (unpaired) electrons. The van der Waals surface area contributed by atoms with Gasteiger partial charge < -0.3 is 20.4 Å². The highest BCUT2D eigenvalue weighted by Gasteiger charge is 2.24. The largest absolute Gasteiger partial charge is 0.508 e. The number of aliphatic hydroxyl groups is 2. The predicted molar refractivity (Wildman–Crippen MR) is 80.3 cm³/mol. The standard InChI is InChI=1S/C17H20O4/c1-17(2,12-3-6-14(18)7-4-12)13-5-8-15(19)11(9-13)10-16(20)21/h3-9,16,18-21H,10H2,1-2H3. The van der Waals surface area contributed by atoms with Crippen molar-refractivity contribution in [1.82, 2.24) is 0 Å². The van der Waals surface area contributed by atoms with E-state index < -0.39 is 6.29 Å². The summed E-state index contributed by atoms with van der Waals surface area (Å²) in [6.45, 7) is 4.07. The normalized spacial score (nSPS) is 11.9. The Labute approximate surface area is 123 Å². The molecule has 0 aromatic heterocycles. The highest BCUT2D eigenvalue weighted by atomic mass is 16.5. The van der Waals surface area contributed by atoms with Crippen molar-refractivity contribution in [3.63, 3.8) is 0 Å². The maximum atomic E-state index is 9.80. The van der Waals surface area contributed by atoms with Crippen LogP contribution >= 0.6 is 0 Å². The molecular weight excluding hydrogens is 268 g/mol. The molecule has 0 spiro atoms. The fourth-order valence-electron chi connectivity index (χ4n) is 2.38. The maximum absolute atomic E-state index is 9.80. The summed E-state index contributed by atoms with van der Waals surface area (Å²) in [7, 11) is 0. The van der Waals surface area contributed by atoms with Crippen molar-refractivity contribution in [2.75, 3.05) is 0 Å². The summed E-state index contributed by atoms with van der Waals surface area (Å²) in [4.78, 5) is 0. The molecule has 4 nitrogen and oxygen atoms in total. The van der Waals surface area contributed by atoms with Gasteiger partial charge in [-0.1, -0.05) is 38.1 Å². The number of hydrogen-bond donors (Lipinski definition) is 4. The lowest BCUT2D eigenvalue weighted by Crippen LogP contribution is -2.19. The van der Waals surface area contributed by atoms with Crippen LogP contribution in [0.4, 0.5) is 0 Å². The van der Waals surface area contributed by atoms with E-state index in [1.807, 2.05) is 32.0 Å². The molecule has 0 saturated heterocycles. The molecular formula is C17H20O4. The number of hydrogen-bond acceptors (Lipinski definition) is 4. The number of rotatable bonds is 4. The second-order valence-corrected chi connectivity index (χ2v) is 5.70. The first-order valence-corrected chi connectivity index (χ1v) is 6.78. The zero-order chi connectivity index (χ0) is 15.6. The quantitative estimate of drug-likeness (QED) is 0.651. The van der Waals surface area contributed by atoms with Crippen LogP contribution in [0.15, 0.2) is 42.5 Å². The number of aliphatic hydroxyl groups excluding tert-OH is 1. The molecule has 0 heterocycles. The van der Waals surface area contributed by atoms with E-state index >= 15 is 0 Å². The third-order valence-corrected chi connectivity index (χ3v) is 3.79. The molecule has 112 valence electrons. The molecule has 0 saturated carbocycles. The van der Waals surface area contributed by atoms with Gasteiger partial charge in [0.05, 0.1) is 0 Å². The van der Waals surface area contributed by atoms with E-state index in [2.05, 4.69) is 0 Å². The minimum Gasteiger partial charge on any atom is -0.508 e. The van der Waals surface area contributed by atoms with Crippen LogP contribution in [0.3, 0.4) is 0 Å². The molecule has 2 aromatic carbocycles. The van der Waals surface area contributed by atoms with E-state index in [-0.39, 0.29) is 23.3 Å². The minimum atomic E-state index is -1.50. The van der Waals surface area contributed by atoms with Gasteiger partial charge in [-0.15, -0.1) is 0 Å². The Morgan fingerprint density at radius 2 is 1.48 bits per heavy atom. The summed E-state index contributed by atoms with van der Waals surface area (Å²) in [5.41, 5.74) is 2.12. The minimum absolute atomic E-state index is 0.0225. The third kappa shape index (κ3) is 3.35.